The van der Waals surface area contributed by atoms with Crippen molar-refractivity contribution in [3.63, 3.8) is 0 Å². The van der Waals surface area contributed by atoms with Crippen LogP contribution in [-0.2, 0) is 11.4 Å². The van der Waals surface area contributed by atoms with E-state index < -0.39 is 18.6 Å². The zero-order valence-corrected chi connectivity index (χ0v) is 18.8. The summed E-state index contributed by atoms with van der Waals surface area (Å²) in [5.74, 6) is -0.301. The number of benzene rings is 1. The predicted molar refractivity (Wildman–Crippen MR) is 126 cm³/mol. The molecule has 0 aliphatic rings. The van der Waals surface area contributed by atoms with Gasteiger partial charge in [0.1, 0.15) is 18.9 Å². The number of rotatable bonds is 7. The Morgan fingerprint density at radius 3 is 2.44 bits per heavy atom. The number of amides is 1. The monoisotopic (exact) mass is 467 g/mol. The van der Waals surface area contributed by atoms with Crippen molar-refractivity contribution in [2.45, 2.75) is 26.6 Å². The standard InChI is InChI=1S/C26H24F3N3O2/c1-3-19-7-10-21(32-24(19)4-2)16-34-22-11-8-20(9-12-22)23(14-18-6-5-13-30-15-18)25(33)31-17-26(27,28)29/h3-15H,16-17H2,1-2H3,(H,31,33). The summed E-state index contributed by atoms with van der Waals surface area (Å²) in [6.07, 6.45) is 3.97. The zero-order valence-electron chi connectivity index (χ0n) is 18.8. The second-order valence-electron chi connectivity index (χ2n) is 7.31. The number of hydrogen-bond acceptors (Lipinski definition) is 4. The highest BCUT2D eigenvalue weighted by Crippen LogP contribution is 2.23. The first-order chi connectivity index (χ1) is 16.3. The van der Waals surface area contributed by atoms with Gasteiger partial charge in [0.2, 0.25) is 0 Å². The summed E-state index contributed by atoms with van der Waals surface area (Å²) in [7, 11) is 0. The van der Waals surface area contributed by atoms with Crippen molar-refractivity contribution >= 4 is 29.7 Å². The Kier molecular flexibility index (Phi) is 8.19. The predicted octanol–water partition coefficient (Wildman–Crippen LogP) is 3.88. The molecule has 0 aliphatic carbocycles. The fraction of sp³-hybridized carbons (Fsp3) is 0.192. The van der Waals surface area contributed by atoms with Crippen LogP contribution in [0.3, 0.4) is 0 Å². The Morgan fingerprint density at radius 2 is 1.82 bits per heavy atom. The van der Waals surface area contributed by atoms with Gasteiger partial charge in [-0.3, -0.25) is 9.78 Å². The molecule has 0 saturated carbocycles. The SMILES string of the molecule is CC=c1ccc(COc2ccc(C(=Cc3cccnc3)C(=O)NCC(F)(F)F)cc2)nc1=CC. The van der Waals surface area contributed by atoms with E-state index in [0.29, 0.717) is 16.9 Å². The molecule has 2 aromatic heterocycles. The lowest BCUT2D eigenvalue weighted by atomic mass is 10.0. The maximum absolute atomic E-state index is 12.6. The summed E-state index contributed by atoms with van der Waals surface area (Å²) in [6.45, 7) is 2.69. The van der Waals surface area contributed by atoms with Gasteiger partial charge < -0.3 is 10.1 Å². The number of pyridine rings is 2. The van der Waals surface area contributed by atoms with Crippen molar-refractivity contribution in [2.24, 2.45) is 0 Å². The van der Waals surface area contributed by atoms with Gasteiger partial charge in [-0.25, -0.2) is 4.98 Å². The quantitative estimate of drug-likeness (QED) is 0.536. The average molecular weight is 467 g/mol. The van der Waals surface area contributed by atoms with Crippen LogP contribution in [0.25, 0.3) is 23.8 Å². The van der Waals surface area contributed by atoms with Gasteiger partial charge in [0.05, 0.1) is 11.0 Å². The van der Waals surface area contributed by atoms with Crippen molar-refractivity contribution in [1.82, 2.24) is 15.3 Å². The van der Waals surface area contributed by atoms with Crippen LogP contribution in [0.5, 0.6) is 5.75 Å². The van der Waals surface area contributed by atoms with Crippen LogP contribution in [0, 0.1) is 0 Å². The molecular formula is C26H24F3N3O2. The van der Waals surface area contributed by atoms with Gasteiger partial charge >= 0.3 is 6.18 Å². The molecule has 0 spiro atoms. The van der Waals surface area contributed by atoms with Gasteiger partial charge in [-0.15, -0.1) is 0 Å². The highest BCUT2D eigenvalue weighted by molar-refractivity contribution is 6.24. The van der Waals surface area contributed by atoms with Gasteiger partial charge in [-0.2, -0.15) is 13.2 Å². The van der Waals surface area contributed by atoms with Crippen molar-refractivity contribution < 1.29 is 22.7 Å². The van der Waals surface area contributed by atoms with E-state index in [1.54, 1.807) is 42.6 Å². The number of carbonyl (C=O) groups excluding carboxylic acids is 1. The number of halogens is 3. The highest BCUT2D eigenvalue weighted by atomic mass is 19.4. The Balaban J connectivity index is 1.79. The first-order valence-corrected chi connectivity index (χ1v) is 10.6. The fourth-order valence-electron chi connectivity index (χ4n) is 3.16. The topological polar surface area (TPSA) is 64.1 Å². The summed E-state index contributed by atoms with van der Waals surface area (Å²) < 4.78 is 43.6. The molecule has 1 aromatic carbocycles. The summed E-state index contributed by atoms with van der Waals surface area (Å²) in [6, 6.07) is 13.8. The third-order valence-electron chi connectivity index (χ3n) is 4.84. The first kappa shape index (κ1) is 24.7. The maximum atomic E-state index is 12.6. The molecule has 0 atom stereocenters. The third kappa shape index (κ3) is 7.03. The van der Waals surface area contributed by atoms with Gasteiger partial charge in [0, 0.05) is 18.0 Å². The molecule has 1 N–H and O–H groups in total. The molecule has 8 heteroatoms. The largest absolute Gasteiger partial charge is 0.487 e. The fourth-order valence-corrected chi connectivity index (χ4v) is 3.16. The number of hydrogen-bond donors (Lipinski definition) is 1. The molecule has 2 heterocycles. The number of ether oxygens (including phenoxy) is 1. The lowest BCUT2D eigenvalue weighted by Crippen LogP contribution is -2.34. The molecule has 0 fully saturated rings. The molecule has 0 bridgehead atoms. The number of alkyl halides is 3. The molecule has 3 aromatic rings. The molecule has 176 valence electrons. The second-order valence-corrected chi connectivity index (χ2v) is 7.31. The highest BCUT2D eigenvalue weighted by Gasteiger charge is 2.28. The van der Waals surface area contributed by atoms with Crippen molar-refractivity contribution in [3.05, 3.63) is 88.3 Å². The van der Waals surface area contributed by atoms with E-state index in [0.717, 1.165) is 16.3 Å². The summed E-state index contributed by atoms with van der Waals surface area (Å²) in [5, 5.41) is 3.83. The molecule has 0 unspecified atom stereocenters. The zero-order chi connectivity index (χ0) is 24.6. The van der Waals surface area contributed by atoms with E-state index in [9.17, 15) is 18.0 Å². The van der Waals surface area contributed by atoms with E-state index in [-0.39, 0.29) is 12.2 Å². The Morgan fingerprint density at radius 1 is 1.06 bits per heavy atom. The molecule has 0 radical (unpaired) electrons. The van der Waals surface area contributed by atoms with Gasteiger partial charge in [0.15, 0.2) is 0 Å². The molecule has 5 nitrogen and oxygen atoms in total. The lowest BCUT2D eigenvalue weighted by molar-refractivity contribution is -0.135. The number of carbonyl (C=O) groups is 1. The van der Waals surface area contributed by atoms with Crippen molar-refractivity contribution in [1.29, 1.82) is 0 Å². The van der Waals surface area contributed by atoms with Gasteiger partial charge in [-0.1, -0.05) is 36.4 Å². The third-order valence-corrected chi connectivity index (χ3v) is 4.84. The Bertz CT molecular complexity index is 1270. The van der Waals surface area contributed by atoms with E-state index in [2.05, 4.69) is 9.97 Å². The average Bonchev–Trinajstić information content (AvgIpc) is 2.85. The lowest BCUT2D eigenvalue weighted by Gasteiger charge is -2.12. The van der Waals surface area contributed by atoms with E-state index in [1.165, 1.54) is 12.3 Å². The summed E-state index contributed by atoms with van der Waals surface area (Å²) in [4.78, 5) is 21.1. The Labute approximate surface area is 195 Å². The maximum Gasteiger partial charge on any atom is 0.405 e. The first-order valence-electron chi connectivity index (χ1n) is 10.6. The number of aromatic nitrogens is 2. The van der Waals surface area contributed by atoms with Crippen molar-refractivity contribution in [3.8, 4) is 5.75 Å². The minimum Gasteiger partial charge on any atom is -0.487 e. The van der Waals surface area contributed by atoms with E-state index in [1.807, 2.05) is 43.4 Å². The van der Waals surface area contributed by atoms with Crippen LogP contribution in [0.2, 0.25) is 0 Å². The van der Waals surface area contributed by atoms with E-state index in [4.69, 9.17) is 4.74 Å². The van der Waals surface area contributed by atoms with Crippen LogP contribution in [-0.4, -0.2) is 28.6 Å². The molecule has 0 saturated heterocycles. The number of nitrogens with zero attached hydrogens (tertiary/aromatic N) is 2. The molecule has 0 aliphatic heterocycles. The Hall–Kier alpha value is -3.94. The smallest absolute Gasteiger partial charge is 0.405 e. The molecular weight excluding hydrogens is 443 g/mol. The minimum atomic E-state index is -4.51. The van der Waals surface area contributed by atoms with Crippen LogP contribution < -0.4 is 20.6 Å². The van der Waals surface area contributed by atoms with Crippen LogP contribution >= 0.6 is 0 Å². The summed E-state index contributed by atoms with van der Waals surface area (Å²) >= 11 is 0. The van der Waals surface area contributed by atoms with Crippen LogP contribution in [0.4, 0.5) is 13.2 Å². The minimum absolute atomic E-state index is 0.0833. The number of nitrogens with one attached hydrogen (secondary N) is 1. The van der Waals surface area contributed by atoms with Gasteiger partial charge in [0.25, 0.3) is 5.91 Å². The van der Waals surface area contributed by atoms with Crippen molar-refractivity contribution in [2.75, 3.05) is 6.54 Å². The normalized spacial score (nSPS) is 13.1. The van der Waals surface area contributed by atoms with Crippen LogP contribution in [0.15, 0.2) is 60.9 Å². The molecule has 3 rings (SSSR count). The molecule has 1 amide bonds. The van der Waals surface area contributed by atoms with Gasteiger partial charge in [-0.05, 0) is 60.5 Å². The second kappa shape index (κ2) is 11.3. The van der Waals surface area contributed by atoms with Crippen LogP contribution in [0.1, 0.15) is 30.7 Å². The molecule has 34 heavy (non-hydrogen) atoms. The summed E-state index contributed by atoms with van der Waals surface area (Å²) in [5.41, 5.74) is 1.87. The van der Waals surface area contributed by atoms with E-state index >= 15 is 0 Å².